The molecular weight excluding hydrogens is 336 g/mol. The molecule has 1 aromatic rings. The molecule has 1 aromatic carbocycles. The van der Waals surface area contributed by atoms with Crippen LogP contribution < -0.4 is 5.32 Å². The number of carbonyl (C=O) groups is 1. The highest BCUT2D eigenvalue weighted by Gasteiger charge is 2.39. The van der Waals surface area contributed by atoms with Crippen LogP contribution in [0.1, 0.15) is 60.9 Å². The second kappa shape index (κ2) is 8.32. The van der Waals surface area contributed by atoms with Crippen molar-refractivity contribution in [3.8, 4) is 0 Å². The summed E-state index contributed by atoms with van der Waals surface area (Å²) in [5, 5.41) is 3.52. The van der Waals surface area contributed by atoms with Gasteiger partial charge in [-0.05, 0) is 94.0 Å². The van der Waals surface area contributed by atoms with E-state index in [0.717, 1.165) is 23.6 Å². The van der Waals surface area contributed by atoms with Crippen molar-refractivity contribution in [2.75, 3.05) is 33.3 Å². The first-order valence-corrected chi connectivity index (χ1v) is 10.8. The molecule has 1 aliphatic carbocycles. The van der Waals surface area contributed by atoms with Gasteiger partial charge in [0.05, 0.1) is 12.7 Å². The number of hydrogen-bond donors (Lipinski definition) is 1. The Kier molecular flexibility index (Phi) is 5.84. The molecule has 1 saturated carbocycles. The third kappa shape index (κ3) is 4.22. The van der Waals surface area contributed by atoms with E-state index in [9.17, 15) is 4.79 Å². The zero-order valence-electron chi connectivity index (χ0n) is 16.7. The van der Waals surface area contributed by atoms with Crippen molar-refractivity contribution in [3.63, 3.8) is 0 Å². The quantitative estimate of drug-likeness (QED) is 0.822. The summed E-state index contributed by atoms with van der Waals surface area (Å²) in [4.78, 5) is 14.8. The van der Waals surface area contributed by atoms with Crippen molar-refractivity contribution in [1.29, 1.82) is 0 Å². The third-order valence-electron chi connectivity index (χ3n) is 7.44. The fraction of sp³-hybridized carbons (Fsp3) is 0.696. The van der Waals surface area contributed by atoms with Gasteiger partial charge in [-0.1, -0.05) is 18.2 Å². The number of rotatable bonds is 4. The minimum absolute atomic E-state index is 0.208. The Morgan fingerprint density at radius 2 is 1.89 bits per heavy atom. The molecule has 0 aromatic heterocycles. The number of methoxy groups -OCH3 is 1. The second-order valence-electron chi connectivity index (χ2n) is 8.98. The zero-order valence-corrected chi connectivity index (χ0v) is 16.7. The molecule has 0 bridgehead atoms. The molecule has 2 aliphatic heterocycles. The molecule has 1 unspecified atom stereocenters. The van der Waals surface area contributed by atoms with E-state index in [1.165, 1.54) is 78.2 Å². The summed E-state index contributed by atoms with van der Waals surface area (Å²) < 4.78 is 4.96. The molecule has 2 saturated heterocycles. The lowest BCUT2D eigenvalue weighted by Gasteiger charge is -2.45. The van der Waals surface area contributed by atoms with Crippen LogP contribution in [0.4, 0.5) is 0 Å². The van der Waals surface area contributed by atoms with E-state index in [0.29, 0.717) is 11.3 Å². The van der Waals surface area contributed by atoms with Gasteiger partial charge in [0, 0.05) is 12.6 Å². The summed E-state index contributed by atoms with van der Waals surface area (Å²) in [6, 6.07) is 8.74. The van der Waals surface area contributed by atoms with Crippen LogP contribution in [-0.2, 0) is 11.2 Å². The molecule has 0 radical (unpaired) electrons. The smallest absolute Gasteiger partial charge is 0.338 e. The Hall–Kier alpha value is -1.39. The van der Waals surface area contributed by atoms with Crippen molar-refractivity contribution in [1.82, 2.24) is 10.2 Å². The minimum Gasteiger partial charge on any atom is -0.465 e. The third-order valence-corrected chi connectivity index (χ3v) is 7.44. The number of piperidine rings is 1. The predicted molar refractivity (Wildman–Crippen MR) is 108 cm³/mol. The van der Waals surface area contributed by atoms with E-state index in [1.54, 1.807) is 0 Å². The van der Waals surface area contributed by atoms with Crippen LogP contribution in [0.25, 0.3) is 0 Å². The van der Waals surface area contributed by atoms with Gasteiger partial charge in [0.1, 0.15) is 0 Å². The summed E-state index contributed by atoms with van der Waals surface area (Å²) in [6.07, 6.45) is 10.6. The molecule has 1 N–H and O–H groups in total. The lowest BCUT2D eigenvalue weighted by molar-refractivity contribution is 0.0599. The Morgan fingerprint density at radius 1 is 1.15 bits per heavy atom. The molecule has 4 rings (SSSR count). The SMILES string of the molecule is COC(=O)c1ccccc1CC1CCN(C2CCC3(CCNCC3)CC2)C1. The number of ether oxygens (including phenoxy) is 1. The van der Waals surface area contributed by atoms with Crippen molar-refractivity contribution in [3.05, 3.63) is 35.4 Å². The zero-order chi connectivity index (χ0) is 18.7. The van der Waals surface area contributed by atoms with E-state index >= 15 is 0 Å². The van der Waals surface area contributed by atoms with Crippen LogP contribution in [0, 0.1) is 11.3 Å². The van der Waals surface area contributed by atoms with Gasteiger partial charge in [-0.3, -0.25) is 0 Å². The topological polar surface area (TPSA) is 41.6 Å². The van der Waals surface area contributed by atoms with Gasteiger partial charge >= 0.3 is 5.97 Å². The maximum Gasteiger partial charge on any atom is 0.338 e. The molecule has 148 valence electrons. The van der Waals surface area contributed by atoms with Crippen molar-refractivity contribution >= 4 is 5.97 Å². The summed E-state index contributed by atoms with van der Waals surface area (Å²) in [7, 11) is 1.47. The first-order chi connectivity index (χ1) is 13.2. The average molecular weight is 371 g/mol. The summed E-state index contributed by atoms with van der Waals surface area (Å²) in [5.41, 5.74) is 2.54. The normalized spacial score (nSPS) is 26.3. The first-order valence-electron chi connectivity index (χ1n) is 10.8. The van der Waals surface area contributed by atoms with E-state index < -0.39 is 0 Å². The number of nitrogens with one attached hydrogen (secondary N) is 1. The highest BCUT2D eigenvalue weighted by molar-refractivity contribution is 5.90. The lowest BCUT2D eigenvalue weighted by Crippen LogP contribution is -2.44. The first kappa shape index (κ1) is 18.9. The van der Waals surface area contributed by atoms with Crippen LogP contribution in [0.2, 0.25) is 0 Å². The van der Waals surface area contributed by atoms with Crippen LogP contribution in [0.5, 0.6) is 0 Å². The molecule has 1 spiro atoms. The number of nitrogens with zero attached hydrogens (tertiary/aromatic N) is 1. The van der Waals surface area contributed by atoms with E-state index in [2.05, 4.69) is 16.3 Å². The van der Waals surface area contributed by atoms with Gasteiger partial charge < -0.3 is 15.0 Å². The maximum atomic E-state index is 12.0. The van der Waals surface area contributed by atoms with Gasteiger partial charge in [0.15, 0.2) is 0 Å². The Bertz CT molecular complexity index is 644. The average Bonchev–Trinajstić information content (AvgIpc) is 3.17. The lowest BCUT2D eigenvalue weighted by atomic mass is 9.67. The summed E-state index contributed by atoms with van der Waals surface area (Å²) in [6.45, 7) is 4.85. The van der Waals surface area contributed by atoms with Crippen molar-refractivity contribution in [2.24, 2.45) is 11.3 Å². The van der Waals surface area contributed by atoms with Crippen LogP contribution >= 0.6 is 0 Å². The standard InChI is InChI=1S/C23H34N2O2/c1-27-22(26)21-5-3-2-4-19(21)16-18-8-15-25(17-18)20-6-9-23(10-7-20)11-13-24-14-12-23/h2-5,18,20,24H,6-17H2,1H3. The largest absolute Gasteiger partial charge is 0.465 e. The van der Waals surface area contributed by atoms with E-state index in [4.69, 9.17) is 4.74 Å². The number of likely N-dealkylation sites (tertiary alicyclic amines) is 1. The number of carbonyl (C=O) groups excluding carboxylic acids is 1. The van der Waals surface area contributed by atoms with E-state index in [-0.39, 0.29) is 5.97 Å². The molecule has 1 atom stereocenters. The van der Waals surface area contributed by atoms with Gasteiger partial charge in [-0.15, -0.1) is 0 Å². The van der Waals surface area contributed by atoms with Crippen molar-refractivity contribution < 1.29 is 9.53 Å². The summed E-state index contributed by atoms with van der Waals surface area (Å²) >= 11 is 0. The molecule has 4 heteroatoms. The van der Waals surface area contributed by atoms with Crippen molar-refractivity contribution in [2.45, 2.75) is 57.4 Å². The fourth-order valence-corrected chi connectivity index (χ4v) is 5.72. The van der Waals surface area contributed by atoms with Gasteiger partial charge in [0.25, 0.3) is 0 Å². The summed E-state index contributed by atoms with van der Waals surface area (Å²) in [5.74, 6) is 0.450. The highest BCUT2D eigenvalue weighted by Crippen LogP contribution is 2.45. The molecule has 2 heterocycles. The molecular formula is C23H34N2O2. The van der Waals surface area contributed by atoms with E-state index in [1.807, 2.05) is 18.2 Å². The molecule has 27 heavy (non-hydrogen) atoms. The number of benzene rings is 1. The number of esters is 1. The molecule has 3 fully saturated rings. The maximum absolute atomic E-state index is 12.0. The predicted octanol–water partition coefficient (Wildman–Crippen LogP) is 3.65. The molecule has 4 nitrogen and oxygen atoms in total. The van der Waals surface area contributed by atoms with Gasteiger partial charge in [-0.25, -0.2) is 4.79 Å². The van der Waals surface area contributed by atoms with Gasteiger partial charge in [0.2, 0.25) is 0 Å². The van der Waals surface area contributed by atoms with Crippen LogP contribution in [0.3, 0.4) is 0 Å². The second-order valence-corrected chi connectivity index (χ2v) is 8.98. The fourth-order valence-electron chi connectivity index (χ4n) is 5.72. The monoisotopic (exact) mass is 370 g/mol. The minimum atomic E-state index is -0.208. The Balaban J connectivity index is 1.32. The highest BCUT2D eigenvalue weighted by atomic mass is 16.5. The molecule has 3 aliphatic rings. The van der Waals surface area contributed by atoms with Gasteiger partial charge in [-0.2, -0.15) is 0 Å². The van der Waals surface area contributed by atoms with Crippen LogP contribution in [-0.4, -0.2) is 50.2 Å². The Labute approximate surface area is 163 Å². The Morgan fingerprint density at radius 3 is 2.63 bits per heavy atom. The van der Waals surface area contributed by atoms with Crippen LogP contribution in [0.15, 0.2) is 24.3 Å². The number of hydrogen-bond acceptors (Lipinski definition) is 4. The molecule has 0 amide bonds.